The number of hydrogen-bond donors (Lipinski definition) is 0. The molecule has 1 saturated heterocycles. The second kappa shape index (κ2) is 6.16. The van der Waals surface area contributed by atoms with Gasteiger partial charge in [0.1, 0.15) is 0 Å². The van der Waals surface area contributed by atoms with Crippen molar-refractivity contribution in [3.8, 4) is 0 Å². The van der Waals surface area contributed by atoms with E-state index in [9.17, 15) is 39.5 Å². The van der Waals surface area contributed by atoms with Gasteiger partial charge in [0, 0.05) is 0 Å². The first-order chi connectivity index (χ1) is 9.23. The lowest BCUT2D eigenvalue weighted by Crippen LogP contribution is -2.45. The second-order valence-electron chi connectivity index (χ2n) is 4.15. The van der Waals surface area contributed by atoms with Gasteiger partial charge in [0.05, 0.1) is 19.3 Å². The monoisotopic (exact) mass is 336 g/mol. The molecule has 1 fully saturated rings. The van der Waals surface area contributed by atoms with Gasteiger partial charge in [-0.3, -0.25) is 0 Å². The second-order valence-corrected chi connectivity index (χ2v) is 4.15. The topological polar surface area (TPSA) is 27.7 Å². The molecule has 1 aliphatic rings. The number of hydrogen-bond acceptors (Lipinski definition) is 3. The molecule has 0 aromatic carbocycles. The highest BCUT2D eigenvalue weighted by Gasteiger charge is 2.45. The zero-order valence-corrected chi connectivity index (χ0v) is 9.98. The van der Waals surface area contributed by atoms with Crippen LogP contribution in [-0.4, -0.2) is 37.4 Å². The van der Waals surface area contributed by atoms with Gasteiger partial charge in [-0.25, -0.2) is 0 Å². The van der Waals surface area contributed by atoms with Gasteiger partial charge < -0.3 is 14.2 Å². The third-order valence-corrected chi connectivity index (χ3v) is 2.11. The highest BCUT2D eigenvalue weighted by Crippen LogP contribution is 2.35. The van der Waals surface area contributed by atoms with Crippen molar-refractivity contribution in [1.82, 2.24) is 0 Å². The largest absolute Gasteiger partial charge is 0.393 e. The lowest BCUT2D eigenvalue weighted by molar-refractivity contribution is -0.414. The Kier molecular flexibility index (Phi) is 5.37. The zero-order valence-electron chi connectivity index (χ0n) is 9.98. The molecule has 126 valence electrons. The van der Waals surface area contributed by atoms with Crippen LogP contribution in [-0.2, 0) is 14.2 Å². The van der Waals surface area contributed by atoms with Gasteiger partial charge in [0.15, 0.2) is 18.9 Å². The van der Waals surface area contributed by atoms with Crippen molar-refractivity contribution in [2.75, 3.05) is 0 Å². The van der Waals surface area contributed by atoms with Crippen LogP contribution in [0.15, 0.2) is 0 Å². The molecule has 21 heavy (non-hydrogen) atoms. The van der Waals surface area contributed by atoms with Crippen molar-refractivity contribution in [3.05, 3.63) is 0 Å². The Morgan fingerprint density at radius 1 is 0.476 bits per heavy atom. The van der Waals surface area contributed by atoms with Crippen LogP contribution < -0.4 is 0 Å². The fourth-order valence-electron chi connectivity index (χ4n) is 1.46. The maximum atomic E-state index is 12.1. The lowest BCUT2D eigenvalue weighted by Gasteiger charge is -2.36. The van der Waals surface area contributed by atoms with E-state index >= 15 is 0 Å². The number of alkyl halides is 9. The predicted molar refractivity (Wildman–Crippen MR) is 46.6 cm³/mol. The molecule has 1 rings (SSSR count). The molecule has 0 atom stereocenters. The lowest BCUT2D eigenvalue weighted by atomic mass is 10.3. The Morgan fingerprint density at radius 2 is 0.667 bits per heavy atom. The first-order valence-corrected chi connectivity index (χ1v) is 5.40. The third kappa shape index (κ3) is 8.31. The van der Waals surface area contributed by atoms with E-state index in [4.69, 9.17) is 0 Å². The standard InChI is InChI=1S/C9H9F9O3/c10-7(11,12)1-4-19-5(2-8(13,14)15)21-6(20-4)3-9(16,17)18/h4-6H,1-3H2. The first kappa shape index (κ1) is 18.3. The first-order valence-electron chi connectivity index (χ1n) is 5.40. The molecular formula is C9H9F9O3. The summed E-state index contributed by atoms with van der Waals surface area (Å²) in [6.45, 7) is 0. The van der Waals surface area contributed by atoms with Crippen molar-refractivity contribution < 1.29 is 53.7 Å². The van der Waals surface area contributed by atoms with Crippen LogP contribution in [0.2, 0.25) is 0 Å². The van der Waals surface area contributed by atoms with Crippen LogP contribution in [0.3, 0.4) is 0 Å². The van der Waals surface area contributed by atoms with Gasteiger partial charge >= 0.3 is 18.5 Å². The fourth-order valence-corrected chi connectivity index (χ4v) is 1.46. The number of halogens is 9. The van der Waals surface area contributed by atoms with Gasteiger partial charge in [-0.2, -0.15) is 39.5 Å². The van der Waals surface area contributed by atoms with Gasteiger partial charge in [-0.1, -0.05) is 0 Å². The maximum Gasteiger partial charge on any atom is 0.393 e. The summed E-state index contributed by atoms with van der Waals surface area (Å²) in [5.41, 5.74) is 0. The fraction of sp³-hybridized carbons (Fsp3) is 1.00. The van der Waals surface area contributed by atoms with Crippen molar-refractivity contribution in [3.63, 3.8) is 0 Å². The molecule has 0 amide bonds. The van der Waals surface area contributed by atoms with Crippen LogP contribution in [0.4, 0.5) is 39.5 Å². The Bertz CT molecular complexity index is 277. The summed E-state index contributed by atoms with van der Waals surface area (Å²) in [5, 5.41) is 0. The molecular weight excluding hydrogens is 327 g/mol. The van der Waals surface area contributed by atoms with Gasteiger partial charge in [-0.05, 0) is 0 Å². The summed E-state index contributed by atoms with van der Waals surface area (Å²) < 4.78 is 122. The number of ether oxygens (including phenoxy) is 3. The van der Waals surface area contributed by atoms with Crippen molar-refractivity contribution in [2.45, 2.75) is 56.7 Å². The molecule has 0 aliphatic carbocycles. The molecule has 12 heteroatoms. The highest BCUT2D eigenvalue weighted by molar-refractivity contribution is 4.67. The molecule has 3 nitrogen and oxygen atoms in total. The van der Waals surface area contributed by atoms with Crippen LogP contribution in [0.5, 0.6) is 0 Å². The van der Waals surface area contributed by atoms with Crippen molar-refractivity contribution in [1.29, 1.82) is 0 Å². The minimum atomic E-state index is -4.88. The van der Waals surface area contributed by atoms with Crippen LogP contribution in [0.25, 0.3) is 0 Å². The molecule has 0 N–H and O–H groups in total. The molecule has 0 spiro atoms. The smallest absolute Gasteiger partial charge is 0.323 e. The third-order valence-electron chi connectivity index (χ3n) is 2.11. The maximum absolute atomic E-state index is 12.1. The van der Waals surface area contributed by atoms with E-state index in [1.807, 2.05) is 0 Å². The summed E-state index contributed by atoms with van der Waals surface area (Å²) in [6.07, 6.45) is -27.1. The Balaban J connectivity index is 2.73. The van der Waals surface area contributed by atoms with E-state index in [1.165, 1.54) is 0 Å². The van der Waals surface area contributed by atoms with E-state index < -0.39 is 56.7 Å². The van der Waals surface area contributed by atoms with Gasteiger partial charge in [0.2, 0.25) is 0 Å². The van der Waals surface area contributed by atoms with Crippen LogP contribution in [0.1, 0.15) is 19.3 Å². The Morgan fingerprint density at radius 3 is 0.810 bits per heavy atom. The molecule has 1 heterocycles. The van der Waals surface area contributed by atoms with Crippen molar-refractivity contribution in [2.24, 2.45) is 0 Å². The SMILES string of the molecule is FC(F)(F)CC1OC(CC(F)(F)F)OC(CC(F)(F)F)O1. The molecule has 0 bridgehead atoms. The van der Waals surface area contributed by atoms with Crippen LogP contribution >= 0.6 is 0 Å². The summed E-state index contributed by atoms with van der Waals surface area (Å²) in [6, 6.07) is 0. The molecule has 0 radical (unpaired) electrons. The average molecular weight is 336 g/mol. The molecule has 0 unspecified atom stereocenters. The minimum absolute atomic E-state index is 1.85. The van der Waals surface area contributed by atoms with E-state index in [0.29, 0.717) is 0 Å². The summed E-state index contributed by atoms with van der Waals surface area (Å²) >= 11 is 0. The quantitative estimate of drug-likeness (QED) is 0.732. The van der Waals surface area contributed by atoms with Crippen molar-refractivity contribution >= 4 is 0 Å². The van der Waals surface area contributed by atoms with E-state index in [-0.39, 0.29) is 0 Å². The summed E-state index contributed by atoms with van der Waals surface area (Å²) in [5.74, 6) is 0. The summed E-state index contributed by atoms with van der Waals surface area (Å²) in [4.78, 5) is 0. The Labute approximate surface area is 111 Å². The van der Waals surface area contributed by atoms with Crippen LogP contribution in [0, 0.1) is 0 Å². The Hall–Kier alpha value is -0.750. The summed E-state index contributed by atoms with van der Waals surface area (Å²) in [7, 11) is 0. The average Bonchev–Trinajstić information content (AvgIpc) is 2.06. The molecule has 0 aromatic heterocycles. The molecule has 1 aliphatic heterocycles. The van der Waals surface area contributed by atoms with E-state index in [2.05, 4.69) is 14.2 Å². The predicted octanol–water partition coefficient (Wildman–Crippen LogP) is 3.89. The van der Waals surface area contributed by atoms with E-state index in [0.717, 1.165) is 0 Å². The van der Waals surface area contributed by atoms with Gasteiger partial charge in [-0.15, -0.1) is 0 Å². The minimum Gasteiger partial charge on any atom is -0.323 e. The normalized spacial score (nSPS) is 28.7. The number of rotatable bonds is 3. The molecule has 0 aromatic rings. The highest BCUT2D eigenvalue weighted by atomic mass is 19.4. The zero-order chi connectivity index (χ0) is 16.5. The van der Waals surface area contributed by atoms with Gasteiger partial charge in [0.25, 0.3) is 0 Å². The molecule has 0 saturated carbocycles. The van der Waals surface area contributed by atoms with E-state index in [1.54, 1.807) is 0 Å².